The fourth-order valence-corrected chi connectivity index (χ4v) is 5.42. The van der Waals surface area contributed by atoms with Crippen LogP contribution in [0.1, 0.15) is 30.0 Å². The smallest absolute Gasteiger partial charge is 0.241 e. The minimum absolute atomic E-state index is 0.136. The van der Waals surface area contributed by atoms with Gasteiger partial charge in [0.05, 0.1) is 20.1 Å². The van der Waals surface area contributed by atoms with Crippen molar-refractivity contribution < 1.29 is 13.2 Å². The van der Waals surface area contributed by atoms with E-state index in [1.54, 1.807) is 12.1 Å². The van der Waals surface area contributed by atoms with E-state index in [0.717, 1.165) is 20.8 Å². The molecule has 3 rings (SSSR count). The molecule has 8 heteroatoms. The van der Waals surface area contributed by atoms with Crippen LogP contribution in [0, 0.1) is 19.8 Å². The number of hydrogen-bond donors (Lipinski definition) is 2. The summed E-state index contributed by atoms with van der Waals surface area (Å²) in [4.78, 5) is 17.2. The summed E-state index contributed by atoms with van der Waals surface area (Å²) in [6.07, 6.45) is 0.685. The van der Waals surface area contributed by atoms with Crippen molar-refractivity contribution in [2.24, 2.45) is 5.92 Å². The molecule has 0 spiro atoms. The van der Waals surface area contributed by atoms with Crippen LogP contribution in [0.2, 0.25) is 0 Å². The Bertz CT molecular complexity index is 1140. The van der Waals surface area contributed by atoms with E-state index in [1.165, 1.54) is 23.0 Å². The molecule has 6 nitrogen and oxygen atoms in total. The Morgan fingerprint density at radius 2 is 1.80 bits per heavy atom. The molecular formula is C22H27N3O3S2. The minimum atomic E-state index is -3.85. The summed E-state index contributed by atoms with van der Waals surface area (Å²) >= 11 is 1.44. The van der Waals surface area contributed by atoms with Gasteiger partial charge in [-0.15, -0.1) is 11.3 Å². The highest BCUT2D eigenvalue weighted by molar-refractivity contribution is 7.89. The molecule has 0 unspecified atom stereocenters. The molecule has 1 atom stereocenters. The van der Waals surface area contributed by atoms with Crippen LogP contribution in [0.15, 0.2) is 47.4 Å². The molecule has 1 aromatic heterocycles. The Balaban J connectivity index is 1.68. The molecule has 2 aromatic carbocycles. The number of sulfonamides is 1. The first-order chi connectivity index (χ1) is 14.2. The highest BCUT2D eigenvalue weighted by atomic mass is 32.2. The molecule has 160 valence electrons. The van der Waals surface area contributed by atoms with E-state index >= 15 is 0 Å². The second-order valence-corrected chi connectivity index (χ2v) is 10.7. The van der Waals surface area contributed by atoms with Crippen LogP contribution >= 0.6 is 11.3 Å². The van der Waals surface area contributed by atoms with Gasteiger partial charge in [-0.1, -0.05) is 43.7 Å². The van der Waals surface area contributed by atoms with Crippen molar-refractivity contribution in [1.82, 2.24) is 15.0 Å². The first kappa shape index (κ1) is 22.4. The van der Waals surface area contributed by atoms with E-state index in [4.69, 9.17) is 0 Å². The van der Waals surface area contributed by atoms with Crippen LogP contribution in [-0.2, 0) is 21.2 Å². The second kappa shape index (κ2) is 9.24. The highest BCUT2D eigenvalue weighted by Gasteiger charge is 2.28. The fraction of sp³-hybridized carbons (Fsp3) is 0.364. The van der Waals surface area contributed by atoms with Gasteiger partial charge in [0.1, 0.15) is 6.04 Å². The standard InChI is InChI=1S/C22H27N3O3S2/c1-14(2)21(22(26)23-12-11-17-7-5-15(3)6-8-17)25-30(27,28)18-9-10-19-20(13-18)29-16(4)24-19/h5-10,13-14,21,25H,11-12H2,1-4H3,(H,23,26)/t21-/m0/s1. The number of nitrogens with one attached hydrogen (secondary N) is 2. The lowest BCUT2D eigenvalue weighted by Gasteiger charge is -2.21. The van der Waals surface area contributed by atoms with Gasteiger partial charge >= 0.3 is 0 Å². The van der Waals surface area contributed by atoms with E-state index in [1.807, 2.05) is 52.0 Å². The monoisotopic (exact) mass is 445 g/mol. The summed E-state index contributed by atoms with van der Waals surface area (Å²) in [6.45, 7) is 8.00. The van der Waals surface area contributed by atoms with Gasteiger partial charge < -0.3 is 5.32 Å². The number of fused-ring (bicyclic) bond motifs is 1. The van der Waals surface area contributed by atoms with E-state index < -0.39 is 16.1 Å². The molecule has 1 amide bonds. The molecule has 0 aliphatic carbocycles. The van der Waals surface area contributed by atoms with Gasteiger partial charge in [-0.05, 0) is 49.9 Å². The minimum Gasteiger partial charge on any atom is -0.354 e. The molecule has 0 fully saturated rings. The van der Waals surface area contributed by atoms with Gasteiger partial charge in [0, 0.05) is 6.54 Å². The van der Waals surface area contributed by atoms with Crippen LogP contribution in [0.4, 0.5) is 0 Å². The number of carbonyl (C=O) groups excluding carboxylic acids is 1. The Morgan fingerprint density at radius 3 is 2.47 bits per heavy atom. The molecule has 3 aromatic rings. The Labute approximate surface area is 181 Å². The summed E-state index contributed by atoms with van der Waals surface area (Å²) in [5.74, 6) is -0.524. The summed E-state index contributed by atoms with van der Waals surface area (Å²) in [6, 6.07) is 12.1. The number of rotatable bonds is 8. The lowest BCUT2D eigenvalue weighted by molar-refractivity contribution is -0.123. The number of carbonyl (C=O) groups is 1. The topological polar surface area (TPSA) is 88.2 Å². The summed E-state index contributed by atoms with van der Waals surface area (Å²) in [5.41, 5.74) is 3.07. The zero-order valence-electron chi connectivity index (χ0n) is 17.6. The molecular weight excluding hydrogens is 418 g/mol. The maximum absolute atomic E-state index is 12.9. The zero-order chi connectivity index (χ0) is 21.9. The maximum Gasteiger partial charge on any atom is 0.241 e. The molecule has 30 heavy (non-hydrogen) atoms. The van der Waals surface area contributed by atoms with E-state index in [-0.39, 0.29) is 16.7 Å². The summed E-state index contributed by atoms with van der Waals surface area (Å²) in [5, 5.41) is 3.74. The third-order valence-corrected chi connectivity index (χ3v) is 7.21. The number of amides is 1. The van der Waals surface area contributed by atoms with Crippen LogP contribution in [-0.4, -0.2) is 31.9 Å². The maximum atomic E-state index is 12.9. The van der Waals surface area contributed by atoms with Crippen molar-refractivity contribution in [3.8, 4) is 0 Å². The first-order valence-corrected chi connectivity index (χ1v) is 12.2. The van der Waals surface area contributed by atoms with Crippen LogP contribution in [0.5, 0.6) is 0 Å². The van der Waals surface area contributed by atoms with Gasteiger partial charge in [-0.3, -0.25) is 4.79 Å². The fourth-order valence-electron chi connectivity index (χ4n) is 3.11. The van der Waals surface area contributed by atoms with Gasteiger partial charge in [0.2, 0.25) is 15.9 Å². The van der Waals surface area contributed by atoms with Crippen molar-refractivity contribution >= 4 is 37.5 Å². The highest BCUT2D eigenvalue weighted by Crippen LogP contribution is 2.25. The van der Waals surface area contributed by atoms with E-state index in [9.17, 15) is 13.2 Å². The van der Waals surface area contributed by atoms with Crippen LogP contribution in [0.3, 0.4) is 0 Å². The Morgan fingerprint density at radius 1 is 1.10 bits per heavy atom. The number of hydrogen-bond acceptors (Lipinski definition) is 5. The predicted octanol–water partition coefficient (Wildman–Crippen LogP) is 3.57. The van der Waals surface area contributed by atoms with E-state index in [0.29, 0.717) is 13.0 Å². The number of thiazole rings is 1. The van der Waals surface area contributed by atoms with Crippen molar-refractivity contribution in [3.05, 3.63) is 58.6 Å². The average Bonchev–Trinajstić information content (AvgIpc) is 3.06. The SMILES string of the molecule is Cc1ccc(CCNC(=O)[C@@H](NS(=O)(=O)c2ccc3nc(C)sc3c2)C(C)C)cc1. The molecule has 2 N–H and O–H groups in total. The van der Waals surface area contributed by atoms with Crippen molar-refractivity contribution in [2.75, 3.05) is 6.54 Å². The molecule has 0 radical (unpaired) electrons. The molecule has 1 heterocycles. The van der Waals surface area contributed by atoms with Crippen molar-refractivity contribution in [3.63, 3.8) is 0 Å². The Kier molecular flexibility index (Phi) is 6.90. The normalized spacial score (nSPS) is 13.0. The quantitative estimate of drug-likeness (QED) is 0.555. The molecule has 0 saturated carbocycles. The number of nitrogens with zero attached hydrogens (tertiary/aromatic N) is 1. The molecule has 0 saturated heterocycles. The lowest BCUT2D eigenvalue weighted by atomic mass is 10.0. The second-order valence-electron chi connectivity index (χ2n) is 7.73. The molecule has 0 aliphatic rings. The predicted molar refractivity (Wildman–Crippen MR) is 121 cm³/mol. The summed E-state index contributed by atoms with van der Waals surface area (Å²) < 4.78 is 29.2. The number of aromatic nitrogens is 1. The molecule has 0 aliphatic heterocycles. The lowest BCUT2D eigenvalue weighted by Crippen LogP contribution is -2.49. The first-order valence-electron chi connectivity index (χ1n) is 9.88. The van der Waals surface area contributed by atoms with Crippen LogP contribution in [0.25, 0.3) is 10.2 Å². The van der Waals surface area contributed by atoms with Crippen LogP contribution < -0.4 is 10.0 Å². The Hall–Kier alpha value is -2.29. The van der Waals surface area contributed by atoms with Gasteiger partial charge in [-0.25, -0.2) is 13.4 Å². The van der Waals surface area contributed by atoms with Crippen molar-refractivity contribution in [2.45, 2.75) is 45.1 Å². The third-order valence-electron chi connectivity index (χ3n) is 4.84. The zero-order valence-corrected chi connectivity index (χ0v) is 19.2. The van der Waals surface area contributed by atoms with Crippen molar-refractivity contribution in [1.29, 1.82) is 0 Å². The number of aryl methyl sites for hydroxylation is 2. The van der Waals surface area contributed by atoms with Gasteiger partial charge in [0.15, 0.2) is 0 Å². The number of benzene rings is 2. The summed E-state index contributed by atoms with van der Waals surface area (Å²) in [7, 11) is -3.85. The van der Waals surface area contributed by atoms with Gasteiger partial charge in [-0.2, -0.15) is 4.72 Å². The van der Waals surface area contributed by atoms with Gasteiger partial charge in [0.25, 0.3) is 0 Å². The van der Waals surface area contributed by atoms with E-state index in [2.05, 4.69) is 15.0 Å². The average molecular weight is 446 g/mol. The third kappa shape index (κ3) is 5.44. The largest absolute Gasteiger partial charge is 0.354 e. The molecule has 0 bridgehead atoms.